The predicted octanol–water partition coefficient (Wildman–Crippen LogP) is 1.06. The molecule has 1 saturated heterocycles. The van der Waals surface area contributed by atoms with Gasteiger partial charge in [-0.2, -0.15) is 18.4 Å². The van der Waals surface area contributed by atoms with E-state index in [0.29, 0.717) is 0 Å². The lowest BCUT2D eigenvalue weighted by atomic mass is 10.0. The van der Waals surface area contributed by atoms with Crippen LogP contribution in [0.3, 0.4) is 0 Å². The van der Waals surface area contributed by atoms with Crippen LogP contribution in [-0.2, 0) is 4.79 Å². The van der Waals surface area contributed by atoms with Gasteiger partial charge < -0.3 is 10.0 Å². The van der Waals surface area contributed by atoms with Crippen molar-refractivity contribution in [1.29, 1.82) is 5.26 Å². The Bertz CT molecular complexity index is 350. The monoisotopic (exact) mass is 250 g/mol. The molecule has 0 spiro atoms. The third-order valence-electron chi connectivity index (χ3n) is 2.95. The van der Waals surface area contributed by atoms with Gasteiger partial charge in [-0.25, -0.2) is 0 Å². The number of hydrogen-bond acceptors (Lipinski definition) is 3. The van der Waals surface area contributed by atoms with Crippen LogP contribution in [0.25, 0.3) is 0 Å². The van der Waals surface area contributed by atoms with Crippen molar-refractivity contribution >= 4 is 5.91 Å². The van der Waals surface area contributed by atoms with Crippen molar-refractivity contribution in [2.75, 3.05) is 13.1 Å². The number of halogens is 3. The van der Waals surface area contributed by atoms with Gasteiger partial charge in [0.1, 0.15) is 5.92 Å². The second kappa shape index (κ2) is 4.53. The van der Waals surface area contributed by atoms with Gasteiger partial charge in [0, 0.05) is 13.0 Å². The van der Waals surface area contributed by atoms with E-state index in [4.69, 9.17) is 5.26 Å². The van der Waals surface area contributed by atoms with Gasteiger partial charge in [0.15, 0.2) is 5.60 Å². The number of hydrogen-bond donors (Lipinski definition) is 1. The van der Waals surface area contributed by atoms with Crippen LogP contribution in [0.5, 0.6) is 0 Å². The Morgan fingerprint density at radius 2 is 2.24 bits per heavy atom. The standard InChI is InChI=1S/C10H13F3N2O2/c1-2-7(5-14)8(16)15-4-3-9(17,6-15)10(11,12)13/h7,17H,2-4,6H2,1H3. The van der Waals surface area contributed by atoms with Crippen molar-refractivity contribution < 1.29 is 23.1 Å². The summed E-state index contributed by atoms with van der Waals surface area (Å²) in [5.74, 6) is -1.58. The van der Waals surface area contributed by atoms with E-state index in [2.05, 4.69) is 0 Å². The summed E-state index contributed by atoms with van der Waals surface area (Å²) in [6.07, 6.45) is -5.04. The number of likely N-dealkylation sites (tertiary alicyclic amines) is 1. The van der Waals surface area contributed by atoms with E-state index < -0.39 is 36.6 Å². The van der Waals surface area contributed by atoms with Crippen LogP contribution in [0.2, 0.25) is 0 Å². The molecule has 0 aromatic heterocycles. The molecule has 7 heteroatoms. The van der Waals surface area contributed by atoms with Crippen LogP contribution in [0, 0.1) is 17.2 Å². The number of nitriles is 1. The predicted molar refractivity (Wildman–Crippen MR) is 51.6 cm³/mol. The maximum Gasteiger partial charge on any atom is 0.419 e. The first-order valence-electron chi connectivity index (χ1n) is 5.22. The average Bonchev–Trinajstić information content (AvgIpc) is 2.63. The second-order valence-corrected chi connectivity index (χ2v) is 4.13. The highest BCUT2D eigenvalue weighted by Crippen LogP contribution is 2.37. The zero-order chi connectivity index (χ0) is 13.3. The van der Waals surface area contributed by atoms with Crippen molar-refractivity contribution in [2.24, 2.45) is 5.92 Å². The fourth-order valence-electron chi connectivity index (χ4n) is 1.75. The molecule has 0 aromatic carbocycles. The van der Waals surface area contributed by atoms with Crippen molar-refractivity contribution in [1.82, 2.24) is 4.90 Å². The number of alkyl halides is 3. The Morgan fingerprint density at radius 3 is 2.59 bits per heavy atom. The van der Waals surface area contributed by atoms with Crippen molar-refractivity contribution in [3.8, 4) is 6.07 Å². The lowest BCUT2D eigenvalue weighted by Gasteiger charge is -2.26. The smallest absolute Gasteiger partial charge is 0.379 e. The number of carbonyl (C=O) groups excluding carboxylic acids is 1. The van der Waals surface area contributed by atoms with Crippen LogP contribution >= 0.6 is 0 Å². The SMILES string of the molecule is CCC(C#N)C(=O)N1CCC(O)(C(F)(F)F)C1. The third-order valence-corrected chi connectivity index (χ3v) is 2.95. The van der Waals surface area contributed by atoms with Crippen LogP contribution in [0.15, 0.2) is 0 Å². The quantitative estimate of drug-likeness (QED) is 0.797. The Hall–Kier alpha value is -1.29. The maximum atomic E-state index is 12.5. The zero-order valence-electron chi connectivity index (χ0n) is 9.29. The minimum atomic E-state index is -4.75. The van der Waals surface area contributed by atoms with E-state index in [1.165, 1.54) is 0 Å². The first-order valence-corrected chi connectivity index (χ1v) is 5.22. The summed E-state index contributed by atoms with van der Waals surface area (Å²) in [7, 11) is 0. The van der Waals surface area contributed by atoms with Crippen LogP contribution in [0.1, 0.15) is 19.8 Å². The van der Waals surface area contributed by atoms with E-state index in [1.54, 1.807) is 13.0 Å². The molecule has 0 saturated carbocycles. The van der Waals surface area contributed by atoms with Gasteiger partial charge in [0.2, 0.25) is 5.91 Å². The molecule has 1 rings (SSSR count). The molecule has 0 bridgehead atoms. The van der Waals surface area contributed by atoms with Crippen molar-refractivity contribution in [3.63, 3.8) is 0 Å². The number of rotatable bonds is 2. The second-order valence-electron chi connectivity index (χ2n) is 4.13. The van der Waals surface area contributed by atoms with Crippen LogP contribution in [0.4, 0.5) is 13.2 Å². The topological polar surface area (TPSA) is 64.3 Å². The third kappa shape index (κ3) is 2.52. The fourth-order valence-corrected chi connectivity index (χ4v) is 1.75. The summed E-state index contributed by atoms with van der Waals surface area (Å²) in [5, 5.41) is 18.0. The Labute approximate surface area is 96.6 Å². The van der Waals surface area contributed by atoms with Gasteiger partial charge in [-0.05, 0) is 6.42 Å². The lowest BCUT2D eigenvalue weighted by molar-refractivity contribution is -0.253. The summed E-state index contributed by atoms with van der Waals surface area (Å²) in [6, 6.07) is 1.74. The largest absolute Gasteiger partial charge is 0.419 e. The summed E-state index contributed by atoms with van der Waals surface area (Å²) < 4.78 is 37.5. The van der Waals surface area contributed by atoms with E-state index in [1.807, 2.05) is 0 Å². The molecule has 0 aromatic rings. The van der Waals surface area contributed by atoms with Gasteiger partial charge in [-0.1, -0.05) is 6.92 Å². The molecule has 1 N–H and O–H groups in total. The number of carbonyl (C=O) groups is 1. The molecule has 2 atom stereocenters. The maximum absolute atomic E-state index is 12.5. The zero-order valence-corrected chi connectivity index (χ0v) is 9.29. The number of aliphatic hydroxyl groups is 1. The highest BCUT2D eigenvalue weighted by atomic mass is 19.4. The average molecular weight is 250 g/mol. The Balaban J connectivity index is 2.75. The summed E-state index contributed by atoms with van der Waals surface area (Å²) in [4.78, 5) is 12.6. The minimum absolute atomic E-state index is 0.174. The van der Waals surface area contributed by atoms with Gasteiger partial charge in [0.05, 0.1) is 12.6 Å². The molecule has 96 valence electrons. The Kier molecular flexibility index (Phi) is 3.67. The molecule has 0 radical (unpaired) electrons. The van der Waals surface area contributed by atoms with Crippen molar-refractivity contribution in [3.05, 3.63) is 0 Å². The molecule has 0 aliphatic carbocycles. The van der Waals surface area contributed by atoms with Crippen LogP contribution < -0.4 is 0 Å². The van der Waals surface area contributed by atoms with E-state index >= 15 is 0 Å². The van der Waals surface area contributed by atoms with Gasteiger partial charge in [0.25, 0.3) is 0 Å². The Morgan fingerprint density at radius 1 is 1.65 bits per heavy atom. The number of β-amino-alcohol motifs (C(OH)–C–C–N with tert-alkyl or cyclic N) is 1. The lowest BCUT2D eigenvalue weighted by Crippen LogP contribution is -2.48. The van der Waals surface area contributed by atoms with E-state index in [0.717, 1.165) is 4.90 Å². The summed E-state index contributed by atoms with van der Waals surface area (Å²) in [5.41, 5.74) is -2.84. The highest BCUT2D eigenvalue weighted by molar-refractivity contribution is 5.81. The number of nitrogens with zero attached hydrogens (tertiary/aromatic N) is 2. The van der Waals surface area contributed by atoms with Gasteiger partial charge in [-0.3, -0.25) is 4.79 Å². The van der Waals surface area contributed by atoms with E-state index in [-0.39, 0.29) is 13.0 Å². The summed E-state index contributed by atoms with van der Waals surface area (Å²) >= 11 is 0. The normalized spacial score (nSPS) is 26.7. The molecule has 2 unspecified atom stereocenters. The van der Waals surface area contributed by atoms with Gasteiger partial charge >= 0.3 is 6.18 Å². The molecular weight excluding hydrogens is 237 g/mol. The highest BCUT2D eigenvalue weighted by Gasteiger charge is 2.58. The molecule has 1 heterocycles. The molecule has 1 aliphatic rings. The van der Waals surface area contributed by atoms with Crippen LogP contribution in [-0.4, -0.2) is 40.8 Å². The van der Waals surface area contributed by atoms with E-state index in [9.17, 15) is 23.1 Å². The first-order chi connectivity index (χ1) is 7.75. The summed E-state index contributed by atoms with van der Waals surface area (Å²) in [6.45, 7) is 0.651. The molecule has 1 aliphatic heterocycles. The molecule has 1 fully saturated rings. The minimum Gasteiger partial charge on any atom is -0.379 e. The number of amides is 1. The fraction of sp³-hybridized carbons (Fsp3) is 0.800. The van der Waals surface area contributed by atoms with Crippen molar-refractivity contribution in [2.45, 2.75) is 31.5 Å². The molecule has 17 heavy (non-hydrogen) atoms. The van der Waals surface area contributed by atoms with Gasteiger partial charge in [-0.15, -0.1) is 0 Å². The molecule has 1 amide bonds. The molecule has 4 nitrogen and oxygen atoms in total. The first kappa shape index (κ1) is 13.8. The molecular formula is C10H13F3N2O2.